The van der Waals surface area contributed by atoms with Gasteiger partial charge in [-0.2, -0.15) is 0 Å². The predicted molar refractivity (Wildman–Crippen MR) is 234 cm³/mol. The molecule has 0 bridgehead atoms. The number of fused-ring (bicyclic) bond motifs is 6. The molecular formula is C48H41B2NO3S2. The molecule has 1 atom stereocenters. The van der Waals surface area contributed by atoms with Crippen LogP contribution in [0.25, 0.3) is 22.3 Å². The Morgan fingerprint density at radius 2 is 0.786 bits per heavy atom. The van der Waals surface area contributed by atoms with Crippen molar-refractivity contribution in [2.24, 2.45) is 0 Å². The molecule has 0 aromatic heterocycles. The summed E-state index contributed by atoms with van der Waals surface area (Å²) in [5.74, 6) is 0. The largest absolute Gasteiger partial charge is 0.245 e. The van der Waals surface area contributed by atoms with E-state index >= 15 is 0 Å². The minimum absolute atomic E-state index is 0.157. The summed E-state index contributed by atoms with van der Waals surface area (Å²) in [6.45, 7) is 12.6. The third-order valence-corrected chi connectivity index (χ3v) is 15.5. The fourth-order valence-corrected chi connectivity index (χ4v) is 12.4. The normalized spacial score (nSPS) is 13.9. The van der Waals surface area contributed by atoms with Gasteiger partial charge < -0.3 is 0 Å². The molecule has 2 heterocycles. The van der Waals surface area contributed by atoms with Crippen LogP contribution >= 0.6 is 0 Å². The van der Waals surface area contributed by atoms with Crippen LogP contribution in [-0.4, -0.2) is 26.1 Å². The molecule has 0 fully saturated rings. The number of aryl methyl sites for hydroxylation is 6. The Balaban J connectivity index is 1.32. The van der Waals surface area contributed by atoms with Crippen molar-refractivity contribution < 1.29 is 12.6 Å². The minimum Gasteiger partial charge on any atom is -0.245 e. The van der Waals surface area contributed by atoms with E-state index in [1.807, 2.05) is 48.5 Å². The van der Waals surface area contributed by atoms with Crippen LogP contribution in [0.2, 0.25) is 0 Å². The van der Waals surface area contributed by atoms with Gasteiger partial charge in [-0.05, 0) is 118 Å². The van der Waals surface area contributed by atoms with Gasteiger partial charge in [-0.25, -0.2) is 17.4 Å². The van der Waals surface area contributed by atoms with Gasteiger partial charge >= 0.3 is 0 Å². The van der Waals surface area contributed by atoms with Gasteiger partial charge in [0.2, 0.25) is 23.3 Å². The Morgan fingerprint density at radius 3 is 1.25 bits per heavy atom. The lowest BCUT2D eigenvalue weighted by atomic mass is 9.34. The molecule has 9 rings (SSSR count). The maximum atomic E-state index is 14.3. The van der Waals surface area contributed by atoms with Crippen molar-refractivity contribution in [2.75, 3.05) is 0 Å². The standard InChI is InChI=1S/C48H41B2NO3S2/c1-29-21-31(3)47(32(4)22-29)49-43-25-37(55(51,52)35-13-9-7-10-14-35)17-19-39(43)41-27-42-40-20-18-38(56(53,54)36-15-11-8-12-16-36)26-44(40)50(46(42)28-45(41)49)48-33(5)23-30(2)24-34(48)6/h7-28,51H,1-6H3. The average Bonchev–Trinajstić information content (AvgIpc) is 3.65. The van der Waals surface area contributed by atoms with Crippen LogP contribution in [0.15, 0.2) is 153 Å². The number of nitrogens with one attached hydrogen (secondary N) is 1. The molecule has 0 spiro atoms. The molecule has 0 saturated heterocycles. The first-order chi connectivity index (χ1) is 26.8. The summed E-state index contributed by atoms with van der Waals surface area (Å²) in [6, 6.07) is 43.0. The SMILES string of the molecule is Cc1cc(C)c(B2c3cc(S(=N)(=O)c4ccccc4)ccc3-c3cc4c(cc32)B(c2c(C)cc(C)cc2C)c2cc(S(=O)(=O)c3ccccc3)ccc2-4)c(C)c1. The molecule has 0 amide bonds. The van der Waals surface area contributed by atoms with Crippen molar-refractivity contribution in [3.05, 3.63) is 167 Å². The van der Waals surface area contributed by atoms with Crippen molar-refractivity contribution in [1.29, 1.82) is 4.78 Å². The first-order valence-electron chi connectivity index (χ1n) is 19.0. The van der Waals surface area contributed by atoms with Crippen LogP contribution in [0.1, 0.15) is 33.4 Å². The van der Waals surface area contributed by atoms with Crippen LogP contribution in [0, 0.1) is 46.3 Å². The lowest BCUT2D eigenvalue weighted by Gasteiger charge is -2.21. The lowest BCUT2D eigenvalue weighted by Crippen LogP contribution is -2.55. The Hall–Kier alpha value is -5.43. The van der Waals surface area contributed by atoms with E-state index in [-0.39, 0.29) is 23.2 Å². The Labute approximate surface area is 331 Å². The summed E-state index contributed by atoms with van der Waals surface area (Å²) < 4.78 is 51.6. The molecule has 7 aromatic rings. The molecule has 8 heteroatoms. The van der Waals surface area contributed by atoms with E-state index in [1.165, 1.54) is 49.8 Å². The molecule has 56 heavy (non-hydrogen) atoms. The van der Waals surface area contributed by atoms with Crippen LogP contribution in [-0.2, 0) is 19.6 Å². The van der Waals surface area contributed by atoms with E-state index in [1.54, 1.807) is 42.5 Å². The fourth-order valence-electron chi connectivity index (χ4n) is 9.71. The maximum absolute atomic E-state index is 14.3. The number of rotatable bonds is 6. The maximum Gasteiger partial charge on any atom is 0.243 e. The van der Waals surface area contributed by atoms with Gasteiger partial charge in [0.05, 0.1) is 19.6 Å². The third-order valence-electron chi connectivity index (χ3n) is 11.9. The van der Waals surface area contributed by atoms with E-state index in [9.17, 15) is 17.4 Å². The van der Waals surface area contributed by atoms with E-state index in [4.69, 9.17) is 0 Å². The van der Waals surface area contributed by atoms with E-state index in [0.717, 1.165) is 38.6 Å². The number of hydrogen-bond acceptors (Lipinski definition) is 4. The van der Waals surface area contributed by atoms with Gasteiger partial charge in [0.25, 0.3) is 0 Å². The third kappa shape index (κ3) is 5.56. The molecule has 2 aliphatic rings. The van der Waals surface area contributed by atoms with Gasteiger partial charge in [0.15, 0.2) is 0 Å². The smallest absolute Gasteiger partial charge is 0.243 e. The lowest BCUT2D eigenvalue weighted by molar-refractivity contribution is 0.596. The van der Waals surface area contributed by atoms with Gasteiger partial charge in [0.1, 0.15) is 9.73 Å². The summed E-state index contributed by atoms with van der Waals surface area (Å²) in [6.07, 6.45) is 0. The number of sulfone groups is 1. The molecule has 7 aromatic carbocycles. The summed E-state index contributed by atoms with van der Waals surface area (Å²) in [7, 11) is -7.04. The molecule has 0 saturated carbocycles. The van der Waals surface area contributed by atoms with E-state index in [2.05, 4.69) is 84.0 Å². The molecule has 1 N–H and O–H groups in total. The molecule has 0 radical (unpaired) electrons. The quantitative estimate of drug-likeness (QED) is 0.189. The van der Waals surface area contributed by atoms with Crippen LogP contribution in [0.4, 0.5) is 0 Å². The van der Waals surface area contributed by atoms with Crippen molar-refractivity contribution in [3.63, 3.8) is 0 Å². The van der Waals surface area contributed by atoms with Gasteiger partial charge in [-0.15, -0.1) is 0 Å². The number of hydrogen-bond donors (Lipinski definition) is 1. The zero-order valence-corrected chi connectivity index (χ0v) is 34.0. The van der Waals surface area contributed by atoms with E-state index in [0.29, 0.717) is 9.79 Å². The molecule has 0 aliphatic carbocycles. The second-order valence-corrected chi connectivity index (χ2v) is 19.7. The highest BCUT2D eigenvalue weighted by Crippen LogP contribution is 2.34. The van der Waals surface area contributed by atoms with Crippen molar-refractivity contribution in [2.45, 2.75) is 61.1 Å². The zero-order valence-electron chi connectivity index (χ0n) is 32.4. The topological polar surface area (TPSA) is 75.1 Å². The first kappa shape index (κ1) is 36.2. The van der Waals surface area contributed by atoms with Crippen molar-refractivity contribution >= 4 is 65.8 Å². The number of benzene rings is 7. The highest BCUT2D eigenvalue weighted by Gasteiger charge is 2.42. The van der Waals surface area contributed by atoms with E-state index < -0.39 is 19.6 Å². The first-order valence-corrected chi connectivity index (χ1v) is 22.1. The second-order valence-electron chi connectivity index (χ2n) is 15.7. The Morgan fingerprint density at radius 1 is 0.393 bits per heavy atom. The fraction of sp³-hybridized carbons (Fsp3) is 0.125. The Kier molecular flexibility index (Phi) is 8.46. The van der Waals surface area contributed by atoms with Crippen LogP contribution in [0.3, 0.4) is 0 Å². The van der Waals surface area contributed by atoms with Crippen LogP contribution < -0.4 is 32.8 Å². The summed E-state index contributed by atoms with van der Waals surface area (Å²) >= 11 is 0. The molecule has 2 aliphatic heterocycles. The van der Waals surface area contributed by atoms with Gasteiger partial charge in [-0.3, -0.25) is 0 Å². The van der Waals surface area contributed by atoms with Crippen molar-refractivity contribution in [1.82, 2.24) is 0 Å². The monoisotopic (exact) mass is 765 g/mol. The van der Waals surface area contributed by atoms with Crippen molar-refractivity contribution in [3.8, 4) is 22.3 Å². The second kappa shape index (κ2) is 13.1. The van der Waals surface area contributed by atoms with Crippen LogP contribution in [0.5, 0.6) is 0 Å². The molecule has 274 valence electrons. The molecular weight excluding hydrogens is 724 g/mol. The minimum atomic E-state index is -3.76. The molecule has 4 nitrogen and oxygen atoms in total. The highest BCUT2D eigenvalue weighted by molar-refractivity contribution is 7.92. The average molecular weight is 766 g/mol. The summed E-state index contributed by atoms with van der Waals surface area (Å²) in [5, 5.41) is 0. The predicted octanol–water partition coefficient (Wildman–Crippen LogP) is 6.83. The highest BCUT2D eigenvalue weighted by atomic mass is 32.2. The molecule has 1 unspecified atom stereocenters. The summed E-state index contributed by atoms with van der Waals surface area (Å²) in [5.41, 5.74) is 18.2. The zero-order chi connectivity index (χ0) is 39.3. The van der Waals surface area contributed by atoms with Gasteiger partial charge in [-0.1, -0.05) is 145 Å². The Bertz CT molecular complexity index is 2770. The van der Waals surface area contributed by atoms with Gasteiger partial charge in [0, 0.05) is 0 Å². The summed E-state index contributed by atoms with van der Waals surface area (Å²) in [4.78, 5) is 1.55.